The number of primary amides is 1. The van der Waals surface area contributed by atoms with Gasteiger partial charge in [-0.2, -0.15) is 5.26 Å². The summed E-state index contributed by atoms with van der Waals surface area (Å²) in [6, 6.07) is 13.3. The van der Waals surface area contributed by atoms with Gasteiger partial charge in [0.25, 0.3) is 5.91 Å². The molecule has 140 valence electrons. The van der Waals surface area contributed by atoms with Gasteiger partial charge in [-0.25, -0.2) is 9.97 Å². The Bertz CT molecular complexity index is 1060. The lowest BCUT2D eigenvalue weighted by molar-refractivity contribution is 0.100. The number of nitrogens with zero attached hydrogens (tertiary/aromatic N) is 3. The molecule has 7 nitrogen and oxygen atoms in total. The van der Waals surface area contributed by atoms with Crippen LogP contribution in [0.2, 0.25) is 0 Å². The number of hydrogen-bond acceptors (Lipinski definition) is 6. The predicted octanol–water partition coefficient (Wildman–Crippen LogP) is 2.43. The van der Waals surface area contributed by atoms with Crippen LogP contribution in [0.15, 0.2) is 42.7 Å². The Labute approximate surface area is 162 Å². The molecular formula is C21H20N6O. The number of carbonyl (C=O) groups excluding carboxylic acids is 1. The summed E-state index contributed by atoms with van der Waals surface area (Å²) in [7, 11) is 0. The highest BCUT2D eigenvalue weighted by molar-refractivity contribution is 6.08. The average molecular weight is 372 g/mol. The van der Waals surface area contributed by atoms with E-state index in [4.69, 9.17) is 11.0 Å². The highest BCUT2D eigenvalue weighted by atomic mass is 16.1. The second-order valence-electron chi connectivity index (χ2n) is 6.88. The van der Waals surface area contributed by atoms with Crippen molar-refractivity contribution >= 4 is 22.6 Å². The Balaban J connectivity index is 1.83. The van der Waals surface area contributed by atoms with Crippen molar-refractivity contribution < 1.29 is 4.79 Å². The number of carbonyl (C=O) groups is 1. The summed E-state index contributed by atoms with van der Waals surface area (Å²) in [5.41, 5.74) is 8.81. The first kappa shape index (κ1) is 17.9. The van der Waals surface area contributed by atoms with Crippen LogP contribution in [0.3, 0.4) is 0 Å². The monoisotopic (exact) mass is 372 g/mol. The third kappa shape index (κ3) is 3.50. The van der Waals surface area contributed by atoms with Crippen molar-refractivity contribution in [2.24, 2.45) is 5.73 Å². The van der Waals surface area contributed by atoms with E-state index >= 15 is 0 Å². The maximum absolute atomic E-state index is 12.1. The maximum Gasteiger partial charge on any atom is 0.250 e. The third-order valence-electron chi connectivity index (χ3n) is 4.99. The molecule has 0 unspecified atom stereocenters. The van der Waals surface area contributed by atoms with E-state index in [9.17, 15) is 4.79 Å². The zero-order chi connectivity index (χ0) is 19.5. The maximum atomic E-state index is 12.1. The molecule has 0 radical (unpaired) electrons. The van der Waals surface area contributed by atoms with E-state index in [-0.39, 0.29) is 6.04 Å². The number of nitrogens with two attached hydrogens (primary N) is 1. The number of nitrogens with one attached hydrogen (secondary N) is 2. The number of nitriles is 1. The fourth-order valence-corrected chi connectivity index (χ4v) is 3.54. The summed E-state index contributed by atoms with van der Waals surface area (Å²) in [6.07, 6.45) is 3.61. The molecule has 0 aliphatic carbocycles. The van der Waals surface area contributed by atoms with Crippen molar-refractivity contribution in [3.05, 3.63) is 53.9 Å². The first-order valence-electron chi connectivity index (χ1n) is 9.22. The molecule has 1 aliphatic rings. The first-order valence-corrected chi connectivity index (χ1v) is 9.22. The number of anilines is 1. The van der Waals surface area contributed by atoms with Crippen LogP contribution in [0.5, 0.6) is 0 Å². The Kier molecular flexibility index (Phi) is 4.87. The molecule has 3 aromatic rings. The van der Waals surface area contributed by atoms with Crippen LogP contribution in [0, 0.1) is 11.3 Å². The lowest BCUT2D eigenvalue weighted by atomic mass is 9.98. The normalized spacial score (nSPS) is 16.5. The van der Waals surface area contributed by atoms with Crippen LogP contribution in [0.1, 0.15) is 28.8 Å². The summed E-state index contributed by atoms with van der Waals surface area (Å²) in [5, 5.41) is 16.6. The lowest BCUT2D eigenvalue weighted by Crippen LogP contribution is -2.38. The zero-order valence-corrected chi connectivity index (χ0v) is 15.3. The van der Waals surface area contributed by atoms with Gasteiger partial charge in [-0.1, -0.05) is 12.1 Å². The molecule has 1 aromatic heterocycles. The Morgan fingerprint density at radius 1 is 1.21 bits per heavy atom. The zero-order valence-electron chi connectivity index (χ0n) is 15.3. The highest BCUT2D eigenvalue weighted by Gasteiger charge is 2.18. The van der Waals surface area contributed by atoms with Gasteiger partial charge in [0, 0.05) is 18.0 Å². The van der Waals surface area contributed by atoms with Crippen molar-refractivity contribution in [2.45, 2.75) is 18.9 Å². The van der Waals surface area contributed by atoms with Crippen molar-refractivity contribution in [2.75, 3.05) is 18.4 Å². The van der Waals surface area contributed by atoms with Crippen LogP contribution in [-0.4, -0.2) is 35.0 Å². The number of fused-ring (bicyclic) bond motifs is 1. The standard InChI is InChI=1S/C21H20N6O/c22-10-13-3-5-14(6-4-13)15-8-17(20(23)28)19-18(9-15)21(26-12-25-19)27-16-2-1-7-24-11-16/h3-6,8-9,12,16,24H,1-2,7,11H2,(H2,23,28)(H,25,26,27)/t16-/m0/s1. The molecular weight excluding hydrogens is 352 g/mol. The molecule has 2 aromatic carbocycles. The molecule has 0 saturated carbocycles. The van der Waals surface area contributed by atoms with Crippen molar-refractivity contribution in [1.82, 2.24) is 15.3 Å². The number of piperidine rings is 1. The summed E-state index contributed by atoms with van der Waals surface area (Å²) < 4.78 is 0. The average Bonchev–Trinajstić information content (AvgIpc) is 2.74. The second-order valence-corrected chi connectivity index (χ2v) is 6.88. The minimum absolute atomic E-state index is 0.266. The van der Waals surface area contributed by atoms with E-state index in [2.05, 4.69) is 26.7 Å². The van der Waals surface area contributed by atoms with Crippen LogP contribution >= 0.6 is 0 Å². The molecule has 1 amide bonds. The van der Waals surface area contributed by atoms with Gasteiger partial charge in [0.1, 0.15) is 12.1 Å². The fraction of sp³-hybridized carbons (Fsp3) is 0.238. The van der Waals surface area contributed by atoms with Gasteiger partial charge in [-0.15, -0.1) is 0 Å². The molecule has 1 atom stereocenters. The Morgan fingerprint density at radius 3 is 2.71 bits per heavy atom. The third-order valence-corrected chi connectivity index (χ3v) is 4.99. The predicted molar refractivity (Wildman–Crippen MR) is 108 cm³/mol. The lowest BCUT2D eigenvalue weighted by Gasteiger charge is -2.25. The number of benzene rings is 2. The van der Waals surface area contributed by atoms with Gasteiger partial charge in [0.15, 0.2) is 0 Å². The van der Waals surface area contributed by atoms with Crippen molar-refractivity contribution in [1.29, 1.82) is 5.26 Å². The van der Waals surface area contributed by atoms with E-state index < -0.39 is 5.91 Å². The Hall–Kier alpha value is -3.50. The molecule has 28 heavy (non-hydrogen) atoms. The minimum atomic E-state index is -0.538. The molecule has 7 heteroatoms. The van der Waals surface area contributed by atoms with Crippen LogP contribution in [0.4, 0.5) is 5.82 Å². The van der Waals surface area contributed by atoms with Gasteiger partial charge < -0.3 is 16.4 Å². The van der Waals surface area contributed by atoms with Gasteiger partial charge in [0.05, 0.1) is 22.7 Å². The van der Waals surface area contributed by atoms with E-state index in [0.717, 1.165) is 42.4 Å². The minimum Gasteiger partial charge on any atom is -0.366 e. The topological polar surface area (TPSA) is 117 Å². The SMILES string of the molecule is N#Cc1ccc(-c2cc(C(N)=O)c3ncnc(N[C@H]4CCCNC4)c3c2)cc1. The largest absolute Gasteiger partial charge is 0.366 e. The molecule has 1 aliphatic heterocycles. The molecule has 1 saturated heterocycles. The summed E-state index contributed by atoms with van der Waals surface area (Å²) in [6.45, 7) is 1.89. The molecule has 0 spiro atoms. The van der Waals surface area contributed by atoms with Gasteiger partial charge in [-0.3, -0.25) is 4.79 Å². The molecule has 1 fully saturated rings. The van der Waals surface area contributed by atoms with Crippen molar-refractivity contribution in [3.63, 3.8) is 0 Å². The van der Waals surface area contributed by atoms with Crippen LogP contribution in [-0.2, 0) is 0 Å². The molecule has 4 N–H and O–H groups in total. The molecule has 0 bridgehead atoms. The van der Waals surface area contributed by atoms with Gasteiger partial charge in [0.2, 0.25) is 0 Å². The number of hydrogen-bond donors (Lipinski definition) is 3. The summed E-state index contributed by atoms with van der Waals surface area (Å²) in [5.74, 6) is 0.154. The fourth-order valence-electron chi connectivity index (χ4n) is 3.54. The van der Waals surface area contributed by atoms with Gasteiger partial charge >= 0.3 is 0 Å². The number of amides is 1. The molecule has 4 rings (SSSR count). The quantitative estimate of drug-likeness (QED) is 0.648. The number of aromatic nitrogens is 2. The Morgan fingerprint density at radius 2 is 2.04 bits per heavy atom. The van der Waals surface area contributed by atoms with E-state index in [1.807, 2.05) is 18.2 Å². The first-order chi connectivity index (χ1) is 13.7. The highest BCUT2D eigenvalue weighted by Crippen LogP contribution is 2.30. The van der Waals surface area contributed by atoms with E-state index in [1.54, 1.807) is 18.2 Å². The smallest absolute Gasteiger partial charge is 0.250 e. The number of rotatable bonds is 4. The van der Waals surface area contributed by atoms with Crippen LogP contribution < -0.4 is 16.4 Å². The second kappa shape index (κ2) is 7.62. The van der Waals surface area contributed by atoms with Crippen molar-refractivity contribution in [3.8, 4) is 17.2 Å². The van der Waals surface area contributed by atoms with E-state index in [1.165, 1.54) is 6.33 Å². The summed E-state index contributed by atoms with van der Waals surface area (Å²) in [4.78, 5) is 20.8. The van der Waals surface area contributed by atoms with Gasteiger partial charge in [-0.05, 0) is 54.8 Å². The van der Waals surface area contributed by atoms with Crippen LogP contribution in [0.25, 0.3) is 22.0 Å². The molecule has 2 heterocycles. The van der Waals surface area contributed by atoms with E-state index in [0.29, 0.717) is 22.5 Å². The summed E-state index contributed by atoms with van der Waals surface area (Å²) >= 11 is 0.